The second-order valence-electron chi connectivity index (χ2n) is 5.94. The first kappa shape index (κ1) is 16.6. The van der Waals surface area contributed by atoms with Crippen LogP contribution in [0.5, 0.6) is 0 Å². The number of hydrogen-bond donors (Lipinski definition) is 0. The molecule has 7 nitrogen and oxygen atoms in total. The molecule has 2 aromatic rings. The smallest absolute Gasteiger partial charge is 0.333 e. The molecule has 0 radical (unpaired) electrons. The standard InChI is InChI=1S/C15H20F2N6O/c1-11-12(9-20(2)18-11)10-21-5-7-22(8-6-21)14(24)13-3-4-23(19-13)15(16)17/h3-4,9,15H,5-8,10H2,1-2H3. The van der Waals surface area contributed by atoms with E-state index in [1.165, 1.54) is 11.6 Å². The zero-order valence-corrected chi connectivity index (χ0v) is 13.7. The van der Waals surface area contributed by atoms with Crippen LogP contribution < -0.4 is 0 Å². The van der Waals surface area contributed by atoms with E-state index in [-0.39, 0.29) is 11.6 Å². The third kappa shape index (κ3) is 3.45. The van der Waals surface area contributed by atoms with Gasteiger partial charge in [-0.25, -0.2) is 4.68 Å². The Morgan fingerprint density at radius 2 is 1.96 bits per heavy atom. The normalized spacial score (nSPS) is 16.1. The SMILES string of the molecule is Cc1nn(C)cc1CN1CCN(C(=O)c2ccn(C(F)F)n2)CC1. The molecule has 2 aromatic heterocycles. The van der Waals surface area contributed by atoms with Crippen LogP contribution in [0, 0.1) is 6.92 Å². The molecule has 0 saturated carbocycles. The predicted molar refractivity (Wildman–Crippen MR) is 82.6 cm³/mol. The van der Waals surface area contributed by atoms with Crippen molar-refractivity contribution in [2.45, 2.75) is 20.0 Å². The van der Waals surface area contributed by atoms with Gasteiger partial charge in [0.25, 0.3) is 5.91 Å². The molecule has 130 valence electrons. The summed E-state index contributed by atoms with van der Waals surface area (Å²) >= 11 is 0. The molecule has 0 aromatic carbocycles. The molecule has 0 aliphatic carbocycles. The number of alkyl halides is 2. The lowest BCUT2D eigenvalue weighted by Gasteiger charge is -2.34. The van der Waals surface area contributed by atoms with Crippen LogP contribution in [0.2, 0.25) is 0 Å². The van der Waals surface area contributed by atoms with Crippen LogP contribution in [0.1, 0.15) is 28.3 Å². The summed E-state index contributed by atoms with van der Waals surface area (Å²) in [7, 11) is 1.89. The van der Waals surface area contributed by atoms with Gasteiger partial charge in [-0.1, -0.05) is 0 Å². The van der Waals surface area contributed by atoms with E-state index < -0.39 is 6.55 Å². The molecule has 1 saturated heterocycles. The molecule has 9 heteroatoms. The Bertz CT molecular complexity index is 717. The molecule has 0 atom stereocenters. The van der Waals surface area contributed by atoms with Gasteiger partial charge in [0.1, 0.15) is 0 Å². The van der Waals surface area contributed by atoms with Gasteiger partial charge in [-0.05, 0) is 13.0 Å². The van der Waals surface area contributed by atoms with E-state index >= 15 is 0 Å². The number of carbonyl (C=O) groups is 1. The van der Waals surface area contributed by atoms with Crippen molar-refractivity contribution in [1.82, 2.24) is 29.4 Å². The minimum atomic E-state index is -2.73. The molecule has 1 fully saturated rings. The Balaban J connectivity index is 1.56. The molecule has 3 rings (SSSR count). The monoisotopic (exact) mass is 338 g/mol. The number of rotatable bonds is 4. The molecule has 0 spiro atoms. The van der Waals surface area contributed by atoms with E-state index in [4.69, 9.17) is 0 Å². The van der Waals surface area contributed by atoms with Crippen LogP contribution in [0.25, 0.3) is 0 Å². The van der Waals surface area contributed by atoms with E-state index in [1.807, 2.05) is 20.2 Å². The first-order valence-corrected chi connectivity index (χ1v) is 7.78. The van der Waals surface area contributed by atoms with E-state index in [0.29, 0.717) is 17.8 Å². The molecule has 3 heterocycles. The van der Waals surface area contributed by atoms with E-state index in [9.17, 15) is 13.6 Å². The summed E-state index contributed by atoms with van der Waals surface area (Å²) in [6.45, 7) is 2.62. The number of nitrogens with zero attached hydrogens (tertiary/aromatic N) is 6. The zero-order valence-electron chi connectivity index (χ0n) is 13.7. The molecule has 0 unspecified atom stereocenters. The molecular weight excluding hydrogens is 318 g/mol. The predicted octanol–water partition coefficient (Wildman–Crippen LogP) is 1.28. The van der Waals surface area contributed by atoms with Gasteiger partial charge in [-0.3, -0.25) is 14.4 Å². The average Bonchev–Trinajstić information content (AvgIpc) is 3.15. The minimum absolute atomic E-state index is 0.0619. The van der Waals surface area contributed by atoms with Gasteiger partial charge < -0.3 is 4.90 Å². The molecule has 1 aliphatic rings. The maximum atomic E-state index is 12.5. The van der Waals surface area contributed by atoms with Gasteiger partial charge in [0.2, 0.25) is 0 Å². The van der Waals surface area contributed by atoms with Crippen LogP contribution in [0.4, 0.5) is 8.78 Å². The van der Waals surface area contributed by atoms with Crippen molar-refractivity contribution in [1.29, 1.82) is 0 Å². The van der Waals surface area contributed by atoms with Crippen LogP contribution in [-0.4, -0.2) is 61.4 Å². The number of aromatic nitrogens is 4. The maximum absolute atomic E-state index is 12.5. The lowest BCUT2D eigenvalue weighted by molar-refractivity contribution is 0.0534. The largest absolute Gasteiger partial charge is 0.335 e. The maximum Gasteiger partial charge on any atom is 0.333 e. The third-order valence-corrected chi connectivity index (χ3v) is 4.20. The number of piperazine rings is 1. The first-order valence-electron chi connectivity index (χ1n) is 7.78. The summed E-state index contributed by atoms with van der Waals surface area (Å²) in [4.78, 5) is 16.2. The molecule has 0 bridgehead atoms. The summed E-state index contributed by atoms with van der Waals surface area (Å²) < 4.78 is 27.4. The summed E-state index contributed by atoms with van der Waals surface area (Å²) in [5, 5.41) is 7.97. The highest BCUT2D eigenvalue weighted by Crippen LogP contribution is 2.14. The van der Waals surface area contributed by atoms with E-state index in [1.54, 1.807) is 9.58 Å². The first-order chi connectivity index (χ1) is 11.4. The summed E-state index contributed by atoms with van der Waals surface area (Å²) in [5.41, 5.74) is 2.24. The number of aryl methyl sites for hydroxylation is 2. The van der Waals surface area contributed by atoms with Crippen LogP contribution in [0.15, 0.2) is 18.5 Å². The highest BCUT2D eigenvalue weighted by atomic mass is 19.3. The molecule has 0 N–H and O–H groups in total. The highest BCUT2D eigenvalue weighted by molar-refractivity contribution is 5.92. The zero-order chi connectivity index (χ0) is 17.3. The third-order valence-electron chi connectivity index (χ3n) is 4.20. The number of amides is 1. The van der Waals surface area contributed by atoms with Crippen molar-refractivity contribution in [3.05, 3.63) is 35.4 Å². The molecular formula is C15H20F2N6O. The summed E-state index contributed by atoms with van der Waals surface area (Å²) in [6, 6.07) is 1.33. The van der Waals surface area contributed by atoms with Gasteiger partial charge in [0, 0.05) is 57.7 Å². The van der Waals surface area contributed by atoms with Gasteiger partial charge >= 0.3 is 6.55 Å². The van der Waals surface area contributed by atoms with Crippen molar-refractivity contribution >= 4 is 5.91 Å². The highest BCUT2D eigenvalue weighted by Gasteiger charge is 2.24. The van der Waals surface area contributed by atoms with Crippen LogP contribution in [-0.2, 0) is 13.6 Å². The van der Waals surface area contributed by atoms with Crippen molar-refractivity contribution in [3.8, 4) is 0 Å². The quantitative estimate of drug-likeness (QED) is 0.843. The van der Waals surface area contributed by atoms with Crippen molar-refractivity contribution in [2.24, 2.45) is 7.05 Å². The number of hydrogen-bond acceptors (Lipinski definition) is 4. The Morgan fingerprint density at radius 1 is 1.25 bits per heavy atom. The molecule has 1 amide bonds. The van der Waals surface area contributed by atoms with E-state index in [0.717, 1.165) is 31.5 Å². The average molecular weight is 338 g/mol. The molecule has 24 heavy (non-hydrogen) atoms. The van der Waals surface area contributed by atoms with Gasteiger partial charge in [0.05, 0.1) is 5.69 Å². The van der Waals surface area contributed by atoms with Gasteiger partial charge in [0.15, 0.2) is 5.69 Å². The Morgan fingerprint density at radius 3 is 2.50 bits per heavy atom. The lowest BCUT2D eigenvalue weighted by Crippen LogP contribution is -2.48. The van der Waals surface area contributed by atoms with Crippen molar-refractivity contribution in [3.63, 3.8) is 0 Å². The minimum Gasteiger partial charge on any atom is -0.335 e. The Labute approximate surface area is 138 Å². The summed E-state index contributed by atoms with van der Waals surface area (Å²) in [6.07, 6.45) is 3.13. The molecule has 1 aliphatic heterocycles. The topological polar surface area (TPSA) is 59.2 Å². The number of halogens is 2. The van der Waals surface area contributed by atoms with Crippen molar-refractivity contribution < 1.29 is 13.6 Å². The van der Waals surface area contributed by atoms with Gasteiger partial charge in [-0.2, -0.15) is 19.0 Å². The van der Waals surface area contributed by atoms with E-state index in [2.05, 4.69) is 15.1 Å². The second-order valence-corrected chi connectivity index (χ2v) is 5.94. The lowest BCUT2D eigenvalue weighted by atomic mass is 10.2. The Hall–Kier alpha value is -2.29. The Kier molecular flexibility index (Phi) is 4.61. The van der Waals surface area contributed by atoms with Crippen molar-refractivity contribution in [2.75, 3.05) is 26.2 Å². The van der Waals surface area contributed by atoms with Gasteiger partial charge in [-0.15, -0.1) is 0 Å². The fraction of sp³-hybridized carbons (Fsp3) is 0.533. The fourth-order valence-corrected chi connectivity index (χ4v) is 2.88. The number of carbonyl (C=O) groups excluding carboxylic acids is 1. The van der Waals surface area contributed by atoms with Crippen LogP contribution >= 0.6 is 0 Å². The second kappa shape index (κ2) is 6.68. The fourth-order valence-electron chi connectivity index (χ4n) is 2.88. The summed E-state index contributed by atoms with van der Waals surface area (Å²) in [5.74, 6) is -0.299. The van der Waals surface area contributed by atoms with Crippen LogP contribution in [0.3, 0.4) is 0 Å².